The number of ether oxygens (including phenoxy) is 1. The molecular formula is C15H24N4O. The van der Waals surface area contributed by atoms with E-state index in [1.807, 2.05) is 13.0 Å². The first kappa shape index (κ1) is 13.6. The molecule has 0 spiro atoms. The van der Waals surface area contributed by atoms with Crippen LogP contribution < -0.4 is 15.0 Å². The molecule has 2 saturated heterocycles. The van der Waals surface area contributed by atoms with Crippen molar-refractivity contribution in [3.63, 3.8) is 0 Å². The van der Waals surface area contributed by atoms with Crippen molar-refractivity contribution in [1.82, 2.24) is 15.3 Å². The average Bonchev–Trinajstić information content (AvgIpc) is 3.02. The summed E-state index contributed by atoms with van der Waals surface area (Å²) >= 11 is 0. The van der Waals surface area contributed by atoms with Crippen LogP contribution in [0.25, 0.3) is 0 Å². The predicted molar refractivity (Wildman–Crippen MR) is 79.2 cm³/mol. The molecule has 2 aliphatic heterocycles. The third-order valence-electron chi connectivity index (χ3n) is 4.45. The number of aromatic nitrogens is 2. The van der Waals surface area contributed by atoms with E-state index in [4.69, 9.17) is 4.74 Å². The van der Waals surface area contributed by atoms with E-state index in [9.17, 15) is 0 Å². The Bertz CT molecular complexity index is 426. The van der Waals surface area contributed by atoms with Gasteiger partial charge in [-0.15, -0.1) is 0 Å². The molecule has 2 aliphatic rings. The zero-order chi connectivity index (χ0) is 13.8. The minimum atomic E-state index is 0.645. The van der Waals surface area contributed by atoms with Crippen LogP contribution in [0.1, 0.15) is 32.6 Å². The van der Waals surface area contributed by atoms with Crippen LogP contribution in [0.15, 0.2) is 12.4 Å². The summed E-state index contributed by atoms with van der Waals surface area (Å²) < 4.78 is 5.45. The molecule has 5 nitrogen and oxygen atoms in total. The first-order valence-corrected chi connectivity index (χ1v) is 7.80. The van der Waals surface area contributed by atoms with Gasteiger partial charge in [0.1, 0.15) is 12.1 Å². The van der Waals surface area contributed by atoms with Crippen LogP contribution in [-0.4, -0.2) is 42.3 Å². The van der Waals surface area contributed by atoms with E-state index in [2.05, 4.69) is 20.2 Å². The van der Waals surface area contributed by atoms with Crippen LogP contribution >= 0.6 is 0 Å². The normalized spacial score (nSPS) is 24.1. The third-order valence-corrected chi connectivity index (χ3v) is 4.45. The Hall–Kier alpha value is -1.36. The van der Waals surface area contributed by atoms with Gasteiger partial charge in [-0.3, -0.25) is 0 Å². The van der Waals surface area contributed by atoms with Gasteiger partial charge in [-0.05, 0) is 45.1 Å². The predicted octanol–water partition coefficient (Wildman–Crippen LogP) is 1.84. The molecular weight excluding hydrogens is 252 g/mol. The van der Waals surface area contributed by atoms with Gasteiger partial charge in [0.25, 0.3) is 0 Å². The monoisotopic (exact) mass is 276 g/mol. The number of nitrogens with one attached hydrogen (secondary N) is 1. The summed E-state index contributed by atoms with van der Waals surface area (Å²) in [4.78, 5) is 10.9. The van der Waals surface area contributed by atoms with Crippen LogP contribution in [0.5, 0.6) is 5.88 Å². The van der Waals surface area contributed by atoms with Gasteiger partial charge in [0.2, 0.25) is 5.88 Å². The van der Waals surface area contributed by atoms with Gasteiger partial charge in [-0.1, -0.05) is 0 Å². The Morgan fingerprint density at radius 2 is 2.15 bits per heavy atom. The van der Waals surface area contributed by atoms with Gasteiger partial charge in [-0.25, -0.2) is 9.97 Å². The minimum Gasteiger partial charge on any atom is -0.478 e. The van der Waals surface area contributed by atoms with E-state index < -0.39 is 0 Å². The Morgan fingerprint density at radius 3 is 2.85 bits per heavy atom. The highest BCUT2D eigenvalue weighted by Gasteiger charge is 2.28. The molecule has 3 heterocycles. The lowest BCUT2D eigenvalue weighted by Gasteiger charge is -2.35. The molecule has 1 atom stereocenters. The molecule has 3 rings (SSSR count). The number of hydrogen-bond acceptors (Lipinski definition) is 5. The van der Waals surface area contributed by atoms with Gasteiger partial charge < -0.3 is 15.0 Å². The number of rotatable bonds is 4. The second kappa shape index (κ2) is 6.39. The van der Waals surface area contributed by atoms with Crippen molar-refractivity contribution in [3.8, 4) is 5.88 Å². The van der Waals surface area contributed by atoms with E-state index in [0.29, 0.717) is 12.5 Å². The molecule has 0 aliphatic carbocycles. The number of anilines is 1. The van der Waals surface area contributed by atoms with Crippen LogP contribution in [-0.2, 0) is 0 Å². The largest absolute Gasteiger partial charge is 0.478 e. The molecule has 110 valence electrons. The summed E-state index contributed by atoms with van der Waals surface area (Å²) in [6.07, 6.45) is 6.81. The topological polar surface area (TPSA) is 50.3 Å². The molecule has 0 amide bonds. The maximum absolute atomic E-state index is 5.45. The summed E-state index contributed by atoms with van der Waals surface area (Å²) in [7, 11) is 0. The van der Waals surface area contributed by atoms with E-state index >= 15 is 0 Å². The average molecular weight is 276 g/mol. The molecule has 2 fully saturated rings. The molecule has 1 aromatic heterocycles. The maximum atomic E-state index is 5.45. The maximum Gasteiger partial charge on any atom is 0.218 e. The van der Waals surface area contributed by atoms with Crippen LogP contribution in [0.2, 0.25) is 0 Å². The van der Waals surface area contributed by atoms with Crippen LogP contribution in [0.3, 0.4) is 0 Å². The van der Waals surface area contributed by atoms with Crippen molar-refractivity contribution in [1.29, 1.82) is 0 Å². The Labute approximate surface area is 120 Å². The highest BCUT2D eigenvalue weighted by atomic mass is 16.5. The van der Waals surface area contributed by atoms with E-state index in [0.717, 1.165) is 30.9 Å². The van der Waals surface area contributed by atoms with Crippen molar-refractivity contribution in [2.24, 2.45) is 5.92 Å². The molecule has 1 unspecified atom stereocenters. The lowest BCUT2D eigenvalue weighted by atomic mass is 9.88. The lowest BCUT2D eigenvalue weighted by Crippen LogP contribution is -2.41. The van der Waals surface area contributed by atoms with E-state index in [1.54, 1.807) is 6.33 Å². The van der Waals surface area contributed by atoms with Crippen LogP contribution in [0.4, 0.5) is 5.82 Å². The van der Waals surface area contributed by atoms with Gasteiger partial charge in [0, 0.05) is 25.2 Å². The van der Waals surface area contributed by atoms with Gasteiger partial charge >= 0.3 is 0 Å². The number of hydrogen-bond donors (Lipinski definition) is 1. The summed E-state index contributed by atoms with van der Waals surface area (Å²) in [5, 5.41) is 3.64. The molecule has 0 saturated carbocycles. The van der Waals surface area contributed by atoms with E-state index in [1.165, 1.54) is 32.2 Å². The highest BCUT2D eigenvalue weighted by Crippen LogP contribution is 2.28. The molecule has 1 N–H and O–H groups in total. The highest BCUT2D eigenvalue weighted by molar-refractivity contribution is 5.41. The number of nitrogens with zero attached hydrogens (tertiary/aromatic N) is 3. The molecule has 0 bridgehead atoms. The smallest absolute Gasteiger partial charge is 0.218 e. The fourth-order valence-electron chi connectivity index (χ4n) is 3.37. The van der Waals surface area contributed by atoms with Crippen molar-refractivity contribution in [2.45, 2.75) is 38.6 Å². The fraction of sp³-hybridized carbons (Fsp3) is 0.733. The third kappa shape index (κ3) is 3.03. The van der Waals surface area contributed by atoms with E-state index in [-0.39, 0.29) is 0 Å². The Balaban J connectivity index is 1.58. The van der Waals surface area contributed by atoms with Crippen molar-refractivity contribution in [3.05, 3.63) is 12.4 Å². The van der Waals surface area contributed by atoms with Gasteiger partial charge in [-0.2, -0.15) is 0 Å². The molecule has 1 aromatic rings. The van der Waals surface area contributed by atoms with Gasteiger partial charge in [0.05, 0.1) is 6.61 Å². The zero-order valence-electron chi connectivity index (χ0n) is 12.2. The number of piperidine rings is 1. The Morgan fingerprint density at radius 1 is 1.30 bits per heavy atom. The first-order valence-electron chi connectivity index (χ1n) is 7.80. The fourth-order valence-corrected chi connectivity index (χ4v) is 3.37. The zero-order valence-corrected chi connectivity index (χ0v) is 12.2. The molecule has 0 aromatic carbocycles. The lowest BCUT2D eigenvalue weighted by molar-refractivity contribution is 0.316. The van der Waals surface area contributed by atoms with Crippen LogP contribution in [0, 0.1) is 5.92 Å². The summed E-state index contributed by atoms with van der Waals surface area (Å²) in [6, 6.07) is 2.71. The second-order valence-electron chi connectivity index (χ2n) is 5.67. The molecule has 20 heavy (non-hydrogen) atoms. The quantitative estimate of drug-likeness (QED) is 0.909. The first-order chi connectivity index (χ1) is 9.86. The standard InChI is InChI=1S/C15H24N4O/c1-2-20-15-10-14(17-11-18-15)19-8-5-12(6-9-19)13-4-3-7-16-13/h10-13,16H,2-9H2,1H3. The minimum absolute atomic E-state index is 0.645. The van der Waals surface area contributed by atoms with Crippen molar-refractivity contribution >= 4 is 5.82 Å². The molecule has 5 heteroatoms. The van der Waals surface area contributed by atoms with Gasteiger partial charge in [0.15, 0.2) is 0 Å². The SMILES string of the molecule is CCOc1cc(N2CCC(C3CCCN3)CC2)ncn1. The van der Waals surface area contributed by atoms with Crippen molar-refractivity contribution in [2.75, 3.05) is 31.1 Å². The summed E-state index contributed by atoms with van der Waals surface area (Å²) in [6.45, 7) is 6.00. The van der Waals surface area contributed by atoms with Crippen molar-refractivity contribution < 1.29 is 4.74 Å². The molecule has 0 radical (unpaired) electrons. The summed E-state index contributed by atoms with van der Waals surface area (Å²) in [5.41, 5.74) is 0. The summed E-state index contributed by atoms with van der Waals surface area (Å²) in [5.74, 6) is 2.51. The Kier molecular flexibility index (Phi) is 4.35. The second-order valence-corrected chi connectivity index (χ2v) is 5.67.